The smallest absolute Gasteiger partial charge is 0.329 e. The molecule has 0 aliphatic rings. The normalized spacial score (nSPS) is 11.6. The van der Waals surface area contributed by atoms with Gasteiger partial charge in [0.15, 0.2) is 6.61 Å². The Bertz CT molecular complexity index is 928. The number of benzene rings is 1. The Balaban J connectivity index is 1.94. The third-order valence-corrected chi connectivity index (χ3v) is 4.31. The number of esters is 1. The van der Waals surface area contributed by atoms with Crippen LogP contribution in [0.15, 0.2) is 41.0 Å². The number of non-ortho nitro benzene ring substituents is 1. The Hall–Kier alpha value is -3.40. The first-order chi connectivity index (χ1) is 14.2. The summed E-state index contributed by atoms with van der Waals surface area (Å²) in [5.74, 6) is -1.85. The number of halogens is 1. The van der Waals surface area contributed by atoms with E-state index in [2.05, 4.69) is 10.6 Å². The summed E-state index contributed by atoms with van der Waals surface area (Å²) in [7, 11) is 0. The highest BCUT2D eigenvalue weighted by atomic mass is 35.5. The molecule has 0 fully saturated rings. The van der Waals surface area contributed by atoms with E-state index in [9.17, 15) is 24.5 Å². The van der Waals surface area contributed by atoms with Gasteiger partial charge < -0.3 is 19.8 Å². The van der Waals surface area contributed by atoms with Crippen LogP contribution in [0.5, 0.6) is 0 Å². The first-order valence-electron chi connectivity index (χ1n) is 8.89. The lowest BCUT2D eigenvalue weighted by Gasteiger charge is -2.21. The van der Waals surface area contributed by atoms with Crippen LogP contribution >= 0.6 is 11.6 Å². The van der Waals surface area contributed by atoms with Gasteiger partial charge in [-0.15, -0.1) is 0 Å². The lowest BCUT2D eigenvalue weighted by Crippen LogP contribution is -2.46. The number of furan rings is 1. The summed E-state index contributed by atoms with van der Waals surface area (Å²) in [6, 6.07) is 5.67. The van der Waals surface area contributed by atoms with Crippen molar-refractivity contribution in [2.45, 2.75) is 26.4 Å². The van der Waals surface area contributed by atoms with Gasteiger partial charge in [0, 0.05) is 12.1 Å². The molecule has 1 heterocycles. The molecule has 0 radical (unpaired) electrons. The zero-order valence-electron chi connectivity index (χ0n) is 16.2. The summed E-state index contributed by atoms with van der Waals surface area (Å²) < 4.78 is 10.1. The number of hydrogen-bond acceptors (Lipinski definition) is 7. The van der Waals surface area contributed by atoms with Crippen molar-refractivity contribution in [3.63, 3.8) is 0 Å². The molecule has 2 rings (SSSR count). The number of carbonyl (C=O) groups is 3. The van der Waals surface area contributed by atoms with Crippen molar-refractivity contribution < 1.29 is 28.5 Å². The molecule has 11 heteroatoms. The Morgan fingerprint density at radius 3 is 2.57 bits per heavy atom. The number of nitro benzene ring substituents is 1. The summed E-state index contributed by atoms with van der Waals surface area (Å²) in [5, 5.41) is 15.7. The van der Waals surface area contributed by atoms with Crippen LogP contribution in [0.4, 0.5) is 5.69 Å². The maximum Gasteiger partial charge on any atom is 0.329 e. The van der Waals surface area contributed by atoms with Crippen LogP contribution in [0, 0.1) is 16.0 Å². The lowest BCUT2D eigenvalue weighted by molar-refractivity contribution is -0.384. The van der Waals surface area contributed by atoms with Crippen LogP contribution in [0.1, 0.15) is 30.0 Å². The Kier molecular flexibility index (Phi) is 7.93. The van der Waals surface area contributed by atoms with E-state index in [1.54, 1.807) is 26.0 Å². The second-order valence-electron chi connectivity index (χ2n) is 6.58. The van der Waals surface area contributed by atoms with Crippen molar-refractivity contribution in [3.05, 3.63) is 63.1 Å². The third kappa shape index (κ3) is 6.31. The molecule has 30 heavy (non-hydrogen) atoms. The number of nitrogens with one attached hydrogen (secondary N) is 2. The first kappa shape index (κ1) is 22.9. The van der Waals surface area contributed by atoms with Crippen LogP contribution in [-0.2, 0) is 20.9 Å². The van der Waals surface area contributed by atoms with Gasteiger partial charge in [0.05, 0.1) is 28.3 Å². The average Bonchev–Trinajstić information content (AvgIpc) is 3.21. The molecule has 2 N–H and O–H groups in total. The van der Waals surface area contributed by atoms with Gasteiger partial charge in [-0.2, -0.15) is 0 Å². The summed E-state index contributed by atoms with van der Waals surface area (Å²) in [5.41, 5.74) is -0.297. The van der Waals surface area contributed by atoms with Gasteiger partial charge in [-0.3, -0.25) is 19.7 Å². The van der Waals surface area contributed by atoms with E-state index < -0.39 is 35.4 Å². The van der Waals surface area contributed by atoms with E-state index in [0.717, 1.165) is 12.1 Å². The molecule has 0 aliphatic carbocycles. The Morgan fingerprint density at radius 1 is 1.27 bits per heavy atom. The average molecular weight is 438 g/mol. The number of ether oxygens (including phenoxy) is 1. The van der Waals surface area contributed by atoms with Crippen LogP contribution in [0.2, 0.25) is 5.02 Å². The number of amides is 2. The predicted molar refractivity (Wildman–Crippen MR) is 106 cm³/mol. The second-order valence-corrected chi connectivity index (χ2v) is 6.99. The SMILES string of the molecule is CC(C)C(NC(=O)c1ccc([N+](=O)[O-])cc1Cl)C(=O)OCC(=O)NCc1ccco1. The molecule has 0 bridgehead atoms. The minimum Gasteiger partial charge on any atom is -0.467 e. The van der Waals surface area contributed by atoms with Crippen molar-refractivity contribution in [1.29, 1.82) is 0 Å². The largest absolute Gasteiger partial charge is 0.467 e. The fraction of sp³-hybridized carbons (Fsp3) is 0.316. The topological polar surface area (TPSA) is 141 Å². The van der Waals surface area contributed by atoms with Crippen molar-refractivity contribution in [2.24, 2.45) is 5.92 Å². The maximum absolute atomic E-state index is 12.5. The molecule has 0 spiro atoms. The first-order valence-corrected chi connectivity index (χ1v) is 9.27. The Morgan fingerprint density at radius 2 is 2.00 bits per heavy atom. The van der Waals surface area contributed by atoms with Gasteiger partial charge in [-0.25, -0.2) is 4.79 Å². The highest BCUT2D eigenvalue weighted by Gasteiger charge is 2.28. The van der Waals surface area contributed by atoms with Crippen LogP contribution < -0.4 is 10.6 Å². The second kappa shape index (κ2) is 10.4. The van der Waals surface area contributed by atoms with E-state index in [-0.39, 0.29) is 28.7 Å². The summed E-state index contributed by atoms with van der Waals surface area (Å²) in [4.78, 5) is 46.8. The van der Waals surface area contributed by atoms with E-state index in [0.29, 0.717) is 5.76 Å². The minimum atomic E-state index is -1.05. The summed E-state index contributed by atoms with van der Waals surface area (Å²) >= 11 is 5.95. The minimum absolute atomic E-state index is 0.0306. The van der Waals surface area contributed by atoms with E-state index in [1.807, 2.05) is 0 Å². The fourth-order valence-electron chi connectivity index (χ4n) is 2.39. The van der Waals surface area contributed by atoms with Crippen molar-refractivity contribution in [1.82, 2.24) is 10.6 Å². The molecule has 10 nitrogen and oxygen atoms in total. The molecule has 2 aromatic rings. The van der Waals surface area contributed by atoms with Gasteiger partial charge >= 0.3 is 5.97 Å². The highest BCUT2D eigenvalue weighted by Crippen LogP contribution is 2.22. The molecule has 2 amide bonds. The molecule has 1 atom stereocenters. The zero-order valence-corrected chi connectivity index (χ0v) is 17.0. The van der Waals surface area contributed by atoms with Crippen molar-refractivity contribution in [2.75, 3.05) is 6.61 Å². The number of nitro groups is 1. The van der Waals surface area contributed by atoms with Crippen molar-refractivity contribution in [3.8, 4) is 0 Å². The quantitative estimate of drug-likeness (QED) is 0.348. The van der Waals surface area contributed by atoms with E-state index >= 15 is 0 Å². The lowest BCUT2D eigenvalue weighted by atomic mass is 10.0. The van der Waals surface area contributed by atoms with Gasteiger partial charge in [-0.05, 0) is 24.1 Å². The number of hydrogen-bond donors (Lipinski definition) is 2. The van der Waals surface area contributed by atoms with E-state index in [4.69, 9.17) is 20.8 Å². The van der Waals surface area contributed by atoms with Crippen LogP contribution in [-0.4, -0.2) is 35.4 Å². The monoisotopic (exact) mass is 437 g/mol. The Labute approximate surface area is 176 Å². The van der Waals surface area contributed by atoms with Gasteiger partial charge in [0.1, 0.15) is 11.8 Å². The molecule has 1 unspecified atom stereocenters. The van der Waals surface area contributed by atoms with Gasteiger partial charge in [0.25, 0.3) is 17.5 Å². The van der Waals surface area contributed by atoms with E-state index in [1.165, 1.54) is 12.3 Å². The third-order valence-electron chi connectivity index (χ3n) is 4.00. The standard InChI is InChI=1S/C19H20ClN3O7/c1-11(2)17(19(26)30-10-16(24)21-9-13-4-3-7-29-13)22-18(25)14-6-5-12(23(27)28)8-15(14)20/h3-8,11,17H,9-10H2,1-2H3,(H,21,24)(H,22,25). The highest BCUT2D eigenvalue weighted by molar-refractivity contribution is 6.34. The molecule has 1 aromatic heterocycles. The van der Waals surface area contributed by atoms with Crippen molar-refractivity contribution >= 4 is 35.1 Å². The van der Waals surface area contributed by atoms with Crippen LogP contribution in [0.3, 0.4) is 0 Å². The molecular weight excluding hydrogens is 418 g/mol. The molecule has 0 aliphatic heterocycles. The number of nitrogens with zero attached hydrogens (tertiary/aromatic N) is 1. The zero-order chi connectivity index (χ0) is 22.3. The molecular formula is C19H20ClN3O7. The number of rotatable bonds is 9. The van der Waals surface area contributed by atoms with Gasteiger partial charge in [-0.1, -0.05) is 25.4 Å². The molecule has 160 valence electrons. The van der Waals surface area contributed by atoms with Gasteiger partial charge in [0.2, 0.25) is 0 Å². The molecule has 1 aromatic carbocycles. The predicted octanol–water partition coefficient (Wildman–Crippen LogP) is 2.46. The summed E-state index contributed by atoms with van der Waals surface area (Å²) in [6.07, 6.45) is 1.47. The number of carbonyl (C=O) groups excluding carboxylic acids is 3. The van der Waals surface area contributed by atoms with Crippen LogP contribution in [0.25, 0.3) is 0 Å². The maximum atomic E-state index is 12.5. The molecule has 0 saturated heterocycles. The molecule has 0 saturated carbocycles. The fourth-order valence-corrected chi connectivity index (χ4v) is 2.66. The summed E-state index contributed by atoms with van der Waals surface area (Å²) in [6.45, 7) is 2.98.